The number of rotatable bonds is 9. The Morgan fingerprint density at radius 3 is 2.47 bits per heavy atom. The van der Waals surface area contributed by atoms with Crippen molar-refractivity contribution in [2.24, 2.45) is 0 Å². The molecule has 0 spiro atoms. The van der Waals surface area contributed by atoms with E-state index in [1.807, 2.05) is 6.26 Å². The Hall–Kier alpha value is -2.36. The molecule has 0 aromatic heterocycles. The molecule has 30 heavy (non-hydrogen) atoms. The lowest BCUT2D eigenvalue weighted by Gasteiger charge is -2.18. The van der Waals surface area contributed by atoms with Crippen molar-refractivity contribution in [2.45, 2.75) is 30.2 Å². The van der Waals surface area contributed by atoms with Gasteiger partial charge in [-0.1, -0.05) is 18.2 Å². The van der Waals surface area contributed by atoms with Crippen molar-refractivity contribution in [3.8, 4) is 5.75 Å². The molecule has 1 fully saturated rings. The van der Waals surface area contributed by atoms with Crippen LogP contribution < -0.4 is 14.4 Å². The van der Waals surface area contributed by atoms with Gasteiger partial charge < -0.3 is 9.64 Å². The van der Waals surface area contributed by atoms with Crippen LogP contribution in [0.2, 0.25) is 0 Å². The van der Waals surface area contributed by atoms with Crippen LogP contribution in [0.1, 0.15) is 19.3 Å². The van der Waals surface area contributed by atoms with Crippen molar-refractivity contribution in [3.05, 3.63) is 54.6 Å². The quantitative estimate of drug-likeness (QED) is 0.468. The summed E-state index contributed by atoms with van der Waals surface area (Å²) in [6.45, 7) is 0.677. The summed E-state index contributed by atoms with van der Waals surface area (Å²) in [6.07, 6.45) is 3.54. The van der Waals surface area contributed by atoms with Crippen LogP contribution >= 0.6 is 11.8 Å². The first-order valence-corrected chi connectivity index (χ1v) is 12.5. The van der Waals surface area contributed by atoms with Gasteiger partial charge in [-0.05, 0) is 61.2 Å². The first-order chi connectivity index (χ1) is 14.4. The number of thioether (sulfide) groups is 1. The molecular weight excluding hydrogens is 424 g/mol. The summed E-state index contributed by atoms with van der Waals surface area (Å²) in [5.74, 6) is 0.289. The maximum Gasteiger partial charge on any atom is 0.329 e. The number of anilines is 1. The van der Waals surface area contributed by atoms with Gasteiger partial charge in [-0.3, -0.25) is 4.79 Å². The third kappa shape index (κ3) is 5.62. The van der Waals surface area contributed by atoms with Crippen LogP contribution in [-0.4, -0.2) is 44.9 Å². The van der Waals surface area contributed by atoms with Gasteiger partial charge in [0.25, 0.3) is 0 Å². The number of ether oxygens (including phenoxy) is 1. The van der Waals surface area contributed by atoms with Crippen molar-refractivity contribution in [2.75, 3.05) is 23.5 Å². The number of amides is 1. The average molecular weight is 449 g/mol. The van der Waals surface area contributed by atoms with Crippen molar-refractivity contribution in [1.82, 2.24) is 4.72 Å². The summed E-state index contributed by atoms with van der Waals surface area (Å²) in [5.41, 5.74) is 0.751. The second kappa shape index (κ2) is 10.1. The zero-order valence-corrected chi connectivity index (χ0v) is 18.2. The highest BCUT2D eigenvalue weighted by Crippen LogP contribution is 2.24. The summed E-state index contributed by atoms with van der Waals surface area (Å²) in [5, 5.41) is 0. The number of nitrogens with zero attached hydrogens (tertiary/aromatic N) is 1. The van der Waals surface area contributed by atoms with Crippen molar-refractivity contribution >= 4 is 39.3 Å². The van der Waals surface area contributed by atoms with Crippen molar-refractivity contribution < 1.29 is 22.7 Å². The van der Waals surface area contributed by atoms with Crippen LogP contribution in [0.15, 0.2) is 59.5 Å². The lowest BCUT2D eigenvalue weighted by Crippen LogP contribution is -2.43. The van der Waals surface area contributed by atoms with Gasteiger partial charge in [-0.25, -0.2) is 13.2 Å². The number of sulfonamides is 1. The first kappa shape index (κ1) is 22.3. The maximum absolute atomic E-state index is 12.7. The van der Waals surface area contributed by atoms with E-state index in [-0.39, 0.29) is 10.8 Å². The first-order valence-electron chi connectivity index (χ1n) is 9.59. The molecule has 2 aromatic rings. The molecule has 1 aliphatic heterocycles. The predicted molar refractivity (Wildman–Crippen MR) is 117 cm³/mol. The second-order valence-corrected chi connectivity index (χ2v) is 9.53. The molecule has 1 atom stereocenters. The molecule has 9 heteroatoms. The Bertz CT molecular complexity index is 978. The molecule has 1 amide bonds. The van der Waals surface area contributed by atoms with Gasteiger partial charge in [-0.2, -0.15) is 16.5 Å². The molecule has 1 N–H and O–H groups in total. The van der Waals surface area contributed by atoms with Gasteiger partial charge >= 0.3 is 5.97 Å². The third-order valence-corrected chi connectivity index (χ3v) is 6.82. The molecule has 1 unspecified atom stereocenters. The maximum atomic E-state index is 12.7. The molecule has 2 aromatic carbocycles. The lowest BCUT2D eigenvalue weighted by atomic mass is 10.2. The minimum absolute atomic E-state index is 0.0761. The predicted octanol–water partition coefficient (Wildman–Crippen LogP) is 2.82. The van der Waals surface area contributed by atoms with E-state index < -0.39 is 22.0 Å². The molecule has 1 heterocycles. The second-order valence-electron chi connectivity index (χ2n) is 6.83. The molecule has 7 nitrogen and oxygen atoms in total. The van der Waals surface area contributed by atoms with Crippen LogP contribution in [0.4, 0.5) is 5.69 Å². The van der Waals surface area contributed by atoms with Crippen molar-refractivity contribution in [1.29, 1.82) is 0 Å². The summed E-state index contributed by atoms with van der Waals surface area (Å²) >= 11 is 1.51. The summed E-state index contributed by atoms with van der Waals surface area (Å²) in [4.78, 5) is 26.3. The SMILES string of the molecule is CSCCC(NS(=O)(=O)c1ccccc1)C(=O)Oc1ccc(N2CCCC2=O)cc1. The molecule has 0 radical (unpaired) electrons. The molecule has 0 bridgehead atoms. The number of carbonyl (C=O) groups excluding carboxylic acids is 2. The lowest BCUT2D eigenvalue weighted by molar-refractivity contribution is -0.136. The standard InChI is InChI=1S/C21H24N2O5S2/c1-29-15-13-19(22-30(26,27)18-6-3-2-4-7-18)21(25)28-17-11-9-16(10-12-17)23-14-5-8-20(23)24/h2-4,6-7,9-12,19,22H,5,8,13-15H2,1H3. The molecule has 1 saturated heterocycles. The Labute approximate surface area is 180 Å². The van der Waals surface area contributed by atoms with E-state index in [0.29, 0.717) is 30.9 Å². The Morgan fingerprint density at radius 2 is 1.87 bits per heavy atom. The van der Waals surface area contributed by atoms with Crippen LogP contribution in [0, 0.1) is 0 Å². The molecule has 0 saturated carbocycles. The number of benzene rings is 2. The zero-order chi connectivity index (χ0) is 21.6. The number of nitrogens with one attached hydrogen (secondary N) is 1. The fourth-order valence-corrected chi connectivity index (χ4v) is 4.83. The Morgan fingerprint density at radius 1 is 1.17 bits per heavy atom. The Kier molecular flexibility index (Phi) is 7.52. The van der Waals surface area contributed by atoms with Crippen molar-refractivity contribution in [3.63, 3.8) is 0 Å². The van der Waals surface area contributed by atoms with E-state index in [4.69, 9.17) is 4.74 Å². The highest BCUT2D eigenvalue weighted by Gasteiger charge is 2.27. The van der Waals surface area contributed by atoms with Gasteiger partial charge in [0.1, 0.15) is 11.8 Å². The third-order valence-electron chi connectivity index (χ3n) is 4.69. The number of carbonyl (C=O) groups is 2. The van der Waals surface area contributed by atoms with E-state index >= 15 is 0 Å². The number of hydrogen-bond donors (Lipinski definition) is 1. The fourth-order valence-electron chi connectivity index (χ4n) is 3.12. The molecule has 0 aliphatic carbocycles. The van der Waals surface area contributed by atoms with Gasteiger partial charge in [0.15, 0.2) is 0 Å². The molecule has 3 rings (SSSR count). The molecule has 160 valence electrons. The van der Waals surface area contributed by atoms with Gasteiger partial charge in [-0.15, -0.1) is 0 Å². The average Bonchev–Trinajstić information content (AvgIpc) is 3.18. The highest BCUT2D eigenvalue weighted by atomic mass is 32.2. The van der Waals surface area contributed by atoms with Crippen LogP contribution in [0.3, 0.4) is 0 Å². The number of esters is 1. The van der Waals surface area contributed by atoms with Crippen LogP contribution in [0.5, 0.6) is 5.75 Å². The number of hydrogen-bond acceptors (Lipinski definition) is 6. The Balaban J connectivity index is 1.70. The van der Waals surface area contributed by atoms with E-state index in [9.17, 15) is 18.0 Å². The smallest absolute Gasteiger partial charge is 0.329 e. The normalized spacial score (nSPS) is 15.2. The zero-order valence-electron chi connectivity index (χ0n) is 16.6. The van der Waals surface area contributed by atoms with E-state index in [2.05, 4.69) is 4.72 Å². The van der Waals surface area contributed by atoms with E-state index in [1.165, 1.54) is 23.9 Å². The molecule has 1 aliphatic rings. The molecular formula is C21H24N2O5S2. The highest BCUT2D eigenvalue weighted by molar-refractivity contribution is 7.98. The fraction of sp³-hybridized carbons (Fsp3) is 0.333. The van der Waals surface area contributed by atoms with E-state index in [1.54, 1.807) is 47.4 Å². The van der Waals surface area contributed by atoms with Gasteiger partial charge in [0, 0.05) is 18.7 Å². The topological polar surface area (TPSA) is 92.8 Å². The minimum Gasteiger partial charge on any atom is -0.425 e. The summed E-state index contributed by atoms with van der Waals surface area (Å²) < 4.78 is 33.1. The largest absolute Gasteiger partial charge is 0.425 e. The van der Waals surface area contributed by atoms with Crippen LogP contribution in [-0.2, 0) is 19.6 Å². The van der Waals surface area contributed by atoms with Crippen LogP contribution in [0.25, 0.3) is 0 Å². The summed E-state index contributed by atoms with van der Waals surface area (Å²) in [7, 11) is -3.86. The monoisotopic (exact) mass is 448 g/mol. The minimum atomic E-state index is -3.86. The summed E-state index contributed by atoms with van der Waals surface area (Å²) in [6, 6.07) is 13.5. The van der Waals surface area contributed by atoms with Gasteiger partial charge in [0.05, 0.1) is 4.90 Å². The van der Waals surface area contributed by atoms with E-state index in [0.717, 1.165) is 12.1 Å². The van der Waals surface area contributed by atoms with Gasteiger partial charge in [0.2, 0.25) is 15.9 Å².